The molecule has 1 saturated carbocycles. The number of nitrogens with one attached hydrogen (secondary N) is 1. The predicted octanol–water partition coefficient (Wildman–Crippen LogP) is 2.76. The van der Waals surface area contributed by atoms with Crippen molar-refractivity contribution in [1.82, 2.24) is 0 Å². The van der Waals surface area contributed by atoms with Crippen LogP contribution in [-0.4, -0.2) is 5.78 Å². The first-order valence-electron chi connectivity index (χ1n) is 5.48. The molecule has 3 nitrogen and oxygen atoms in total. The predicted molar refractivity (Wildman–Crippen MR) is 61.4 cm³/mol. The van der Waals surface area contributed by atoms with Gasteiger partial charge in [0.1, 0.15) is 23.3 Å². The first-order chi connectivity index (χ1) is 8.61. The molecule has 92 valence electrons. The molecule has 1 aromatic rings. The Bertz CT molecular complexity index is 557. The summed E-state index contributed by atoms with van der Waals surface area (Å²) in [4.78, 5) is 11.6. The molecule has 1 aromatic carbocycles. The Morgan fingerprint density at radius 2 is 2.17 bits per heavy atom. The van der Waals surface area contributed by atoms with Gasteiger partial charge in [-0.3, -0.25) is 4.79 Å². The highest BCUT2D eigenvalue weighted by molar-refractivity contribution is 6.02. The molecule has 0 spiro atoms. The molecule has 0 saturated heterocycles. The van der Waals surface area contributed by atoms with Crippen molar-refractivity contribution in [3.8, 4) is 6.07 Å². The minimum atomic E-state index is -0.776. The number of hydrogen-bond donors (Lipinski definition) is 1. The van der Waals surface area contributed by atoms with Gasteiger partial charge in [0.25, 0.3) is 0 Å². The number of carbonyl (C=O) groups excluding carboxylic acids is 1. The van der Waals surface area contributed by atoms with Gasteiger partial charge in [0.2, 0.25) is 0 Å². The fraction of sp³-hybridized carbons (Fsp3) is 0.231. The average molecular weight is 248 g/mol. The second-order valence-electron chi connectivity index (χ2n) is 4.08. The zero-order chi connectivity index (χ0) is 13.1. The highest BCUT2D eigenvalue weighted by Crippen LogP contribution is 2.32. The number of ketones is 1. The van der Waals surface area contributed by atoms with E-state index in [1.54, 1.807) is 6.07 Å². The van der Waals surface area contributed by atoms with E-state index >= 15 is 0 Å². The van der Waals surface area contributed by atoms with Crippen molar-refractivity contribution in [3.05, 3.63) is 41.6 Å². The molecule has 0 atom stereocenters. The van der Waals surface area contributed by atoms with E-state index in [0.717, 1.165) is 31.2 Å². The van der Waals surface area contributed by atoms with Gasteiger partial charge in [-0.2, -0.15) is 5.26 Å². The smallest absolute Gasteiger partial charge is 0.177 e. The summed E-state index contributed by atoms with van der Waals surface area (Å²) in [6.45, 7) is 0. The fourth-order valence-electron chi connectivity index (χ4n) is 1.48. The maximum absolute atomic E-state index is 13.3. The third-order valence-corrected chi connectivity index (χ3v) is 2.64. The van der Waals surface area contributed by atoms with E-state index < -0.39 is 11.6 Å². The highest BCUT2D eigenvalue weighted by Gasteiger charge is 2.31. The van der Waals surface area contributed by atoms with Crippen molar-refractivity contribution in [2.45, 2.75) is 12.8 Å². The Balaban J connectivity index is 2.13. The van der Waals surface area contributed by atoms with Crippen molar-refractivity contribution >= 4 is 11.5 Å². The molecule has 1 N–H and O–H groups in total. The van der Waals surface area contributed by atoms with Crippen molar-refractivity contribution < 1.29 is 13.6 Å². The molecule has 0 aliphatic heterocycles. The molecule has 0 unspecified atom stereocenters. The molecule has 1 fully saturated rings. The van der Waals surface area contributed by atoms with Crippen LogP contribution in [0.1, 0.15) is 12.8 Å². The van der Waals surface area contributed by atoms with Crippen LogP contribution in [0.5, 0.6) is 0 Å². The Hall–Kier alpha value is -2.22. The maximum Gasteiger partial charge on any atom is 0.177 e. The van der Waals surface area contributed by atoms with E-state index in [1.807, 2.05) is 0 Å². The summed E-state index contributed by atoms with van der Waals surface area (Å²) in [5.41, 5.74) is -0.0195. The lowest BCUT2D eigenvalue weighted by Gasteiger charge is -2.03. The second-order valence-corrected chi connectivity index (χ2v) is 4.08. The summed E-state index contributed by atoms with van der Waals surface area (Å²) in [5, 5.41) is 11.3. The molecule has 1 aliphatic carbocycles. The maximum atomic E-state index is 13.3. The van der Waals surface area contributed by atoms with Gasteiger partial charge in [-0.05, 0) is 25.0 Å². The Kier molecular flexibility index (Phi) is 3.38. The van der Waals surface area contributed by atoms with E-state index in [9.17, 15) is 13.6 Å². The van der Waals surface area contributed by atoms with E-state index in [1.165, 1.54) is 6.07 Å². The van der Waals surface area contributed by atoms with Gasteiger partial charge < -0.3 is 5.32 Å². The third kappa shape index (κ3) is 2.72. The van der Waals surface area contributed by atoms with E-state index in [2.05, 4.69) is 5.32 Å². The van der Waals surface area contributed by atoms with Gasteiger partial charge >= 0.3 is 0 Å². The van der Waals surface area contributed by atoms with Gasteiger partial charge in [-0.25, -0.2) is 8.78 Å². The van der Waals surface area contributed by atoms with Gasteiger partial charge in [0.15, 0.2) is 5.78 Å². The summed E-state index contributed by atoms with van der Waals surface area (Å²) >= 11 is 0. The Labute approximate surface area is 103 Å². The van der Waals surface area contributed by atoms with E-state index in [0.29, 0.717) is 0 Å². The largest absolute Gasteiger partial charge is 0.358 e. The fourth-order valence-corrected chi connectivity index (χ4v) is 1.48. The number of hydrogen-bond acceptors (Lipinski definition) is 3. The first-order valence-corrected chi connectivity index (χ1v) is 5.48. The van der Waals surface area contributed by atoms with Crippen LogP contribution in [0.3, 0.4) is 0 Å². The molecule has 0 amide bonds. The Morgan fingerprint density at radius 1 is 1.44 bits per heavy atom. The van der Waals surface area contributed by atoms with Crippen molar-refractivity contribution in [2.24, 2.45) is 5.92 Å². The highest BCUT2D eigenvalue weighted by atomic mass is 19.1. The van der Waals surface area contributed by atoms with Crippen molar-refractivity contribution in [1.29, 1.82) is 5.26 Å². The number of halogens is 2. The van der Waals surface area contributed by atoms with Gasteiger partial charge in [-0.15, -0.1) is 0 Å². The molecule has 2 rings (SSSR count). The second kappa shape index (κ2) is 4.96. The molecule has 18 heavy (non-hydrogen) atoms. The summed E-state index contributed by atoms with van der Waals surface area (Å²) in [6.07, 6.45) is 2.75. The summed E-state index contributed by atoms with van der Waals surface area (Å²) in [7, 11) is 0. The summed E-state index contributed by atoms with van der Waals surface area (Å²) in [5.74, 6) is -1.76. The number of benzene rings is 1. The molecule has 5 heteroatoms. The third-order valence-electron chi connectivity index (χ3n) is 2.64. The lowest BCUT2D eigenvalue weighted by atomic mass is 10.1. The summed E-state index contributed by atoms with van der Waals surface area (Å²) < 4.78 is 25.9. The number of allylic oxidation sites excluding steroid dienone is 1. The van der Waals surface area contributed by atoms with Crippen LogP contribution in [0.15, 0.2) is 30.0 Å². The molecule has 1 aliphatic rings. The van der Waals surface area contributed by atoms with Crippen LogP contribution < -0.4 is 5.32 Å². The normalized spacial score (nSPS) is 15.1. The minimum Gasteiger partial charge on any atom is -0.358 e. The summed E-state index contributed by atoms with van der Waals surface area (Å²) in [6, 6.07) is 4.80. The number of Topliss-reactive ketones (excluding diaryl/α,β-unsaturated/α-hetero) is 1. The SMILES string of the molecule is N#CC(=CNc1ccc(F)cc1F)C(=O)C1CC1. The molecule has 0 aromatic heterocycles. The zero-order valence-corrected chi connectivity index (χ0v) is 9.41. The lowest BCUT2D eigenvalue weighted by molar-refractivity contribution is -0.116. The van der Waals surface area contributed by atoms with Crippen molar-refractivity contribution in [2.75, 3.05) is 5.32 Å². The first kappa shape index (κ1) is 12.2. The number of nitrogens with zero attached hydrogens (tertiary/aromatic N) is 1. The molecule has 0 heterocycles. The topological polar surface area (TPSA) is 52.9 Å². The molecule has 0 bridgehead atoms. The number of nitriles is 1. The molecular formula is C13H10F2N2O. The van der Waals surface area contributed by atoms with Gasteiger partial charge in [0.05, 0.1) is 5.69 Å². The molecule has 0 radical (unpaired) electrons. The van der Waals surface area contributed by atoms with Crippen LogP contribution in [0.2, 0.25) is 0 Å². The van der Waals surface area contributed by atoms with Crippen LogP contribution >= 0.6 is 0 Å². The van der Waals surface area contributed by atoms with Crippen LogP contribution in [0.25, 0.3) is 0 Å². The van der Waals surface area contributed by atoms with Crippen LogP contribution in [0, 0.1) is 28.9 Å². The van der Waals surface area contributed by atoms with E-state index in [-0.39, 0.29) is 23.0 Å². The monoisotopic (exact) mass is 248 g/mol. The number of anilines is 1. The van der Waals surface area contributed by atoms with Crippen molar-refractivity contribution in [3.63, 3.8) is 0 Å². The lowest BCUT2D eigenvalue weighted by Crippen LogP contribution is -2.05. The van der Waals surface area contributed by atoms with E-state index in [4.69, 9.17) is 5.26 Å². The van der Waals surface area contributed by atoms with Crippen LogP contribution in [0.4, 0.5) is 14.5 Å². The van der Waals surface area contributed by atoms with Gasteiger partial charge in [0, 0.05) is 18.2 Å². The number of carbonyl (C=O) groups is 1. The Morgan fingerprint density at radius 3 is 2.72 bits per heavy atom. The van der Waals surface area contributed by atoms with Gasteiger partial charge in [-0.1, -0.05) is 0 Å². The number of rotatable bonds is 4. The molecular weight excluding hydrogens is 238 g/mol. The van der Waals surface area contributed by atoms with Crippen LogP contribution in [-0.2, 0) is 4.79 Å². The quantitative estimate of drug-likeness (QED) is 0.658. The average Bonchev–Trinajstić information content (AvgIpc) is 3.16. The standard InChI is InChI=1S/C13H10F2N2O/c14-10-3-4-12(11(15)5-10)17-7-9(6-16)13(18)8-1-2-8/h3-5,7-8,17H,1-2H2. The zero-order valence-electron chi connectivity index (χ0n) is 9.41. The minimum absolute atomic E-state index is 0.0211.